The molecule has 27 heavy (non-hydrogen) atoms. The van der Waals surface area contributed by atoms with Crippen molar-refractivity contribution in [2.24, 2.45) is 0 Å². The van der Waals surface area contributed by atoms with Gasteiger partial charge in [-0.25, -0.2) is 15.0 Å². The molecule has 4 rings (SSSR count). The lowest BCUT2D eigenvalue weighted by molar-refractivity contribution is -0.141. The lowest BCUT2D eigenvalue weighted by Gasteiger charge is -2.22. The maximum absolute atomic E-state index is 12.8. The Kier molecular flexibility index (Phi) is 4.59. The van der Waals surface area contributed by atoms with Gasteiger partial charge in [0.25, 0.3) is 0 Å². The fourth-order valence-corrected chi connectivity index (χ4v) is 4.04. The van der Waals surface area contributed by atoms with Gasteiger partial charge in [0.05, 0.1) is 9.88 Å². The lowest BCUT2D eigenvalue weighted by Crippen LogP contribution is -2.10. The molecule has 0 amide bonds. The van der Waals surface area contributed by atoms with Crippen molar-refractivity contribution in [2.75, 3.05) is 5.32 Å². The number of thiazole rings is 1. The summed E-state index contributed by atoms with van der Waals surface area (Å²) in [6.07, 6.45) is 2.12. The molecule has 0 spiro atoms. The Morgan fingerprint density at radius 1 is 1.15 bits per heavy atom. The minimum Gasteiger partial charge on any atom is -0.324 e. The number of anilines is 2. The SMILES string of the molecule is Cc1cc(Nc2nccc(C(F)(F)F)n2)cc(-c2cnc(C3CCC3)s2)c1. The van der Waals surface area contributed by atoms with Crippen LogP contribution in [0.4, 0.5) is 24.8 Å². The van der Waals surface area contributed by atoms with E-state index in [9.17, 15) is 13.2 Å². The van der Waals surface area contributed by atoms with Crippen molar-refractivity contribution in [1.82, 2.24) is 15.0 Å². The van der Waals surface area contributed by atoms with E-state index in [4.69, 9.17) is 0 Å². The molecule has 1 aromatic carbocycles. The predicted octanol–water partition coefficient (Wildman–Crippen LogP) is 5.94. The highest BCUT2D eigenvalue weighted by atomic mass is 32.1. The van der Waals surface area contributed by atoms with Crippen LogP contribution in [-0.4, -0.2) is 15.0 Å². The second-order valence-electron chi connectivity index (χ2n) is 6.67. The van der Waals surface area contributed by atoms with Crippen molar-refractivity contribution in [3.63, 3.8) is 0 Å². The Hall–Kier alpha value is -2.48. The molecule has 0 saturated heterocycles. The molecule has 0 unspecified atom stereocenters. The first kappa shape index (κ1) is 17.9. The van der Waals surface area contributed by atoms with E-state index >= 15 is 0 Å². The van der Waals surface area contributed by atoms with Crippen molar-refractivity contribution in [1.29, 1.82) is 0 Å². The molecule has 1 aliphatic rings. The van der Waals surface area contributed by atoms with Gasteiger partial charge in [-0.3, -0.25) is 0 Å². The Balaban J connectivity index is 1.60. The molecule has 3 aromatic rings. The maximum atomic E-state index is 12.8. The molecule has 1 aliphatic carbocycles. The van der Waals surface area contributed by atoms with Crippen molar-refractivity contribution < 1.29 is 13.2 Å². The summed E-state index contributed by atoms with van der Waals surface area (Å²) in [7, 11) is 0. The number of nitrogens with one attached hydrogen (secondary N) is 1. The molecule has 8 heteroatoms. The highest BCUT2D eigenvalue weighted by molar-refractivity contribution is 7.15. The van der Waals surface area contributed by atoms with E-state index in [0.29, 0.717) is 11.6 Å². The van der Waals surface area contributed by atoms with Crippen LogP contribution in [0.25, 0.3) is 10.4 Å². The summed E-state index contributed by atoms with van der Waals surface area (Å²) in [6, 6.07) is 6.62. The molecule has 1 saturated carbocycles. The van der Waals surface area contributed by atoms with Crippen LogP contribution in [0.3, 0.4) is 0 Å². The van der Waals surface area contributed by atoms with Crippen molar-refractivity contribution in [3.05, 3.63) is 52.9 Å². The maximum Gasteiger partial charge on any atom is 0.433 e. The first-order valence-electron chi connectivity index (χ1n) is 8.63. The minimum absolute atomic E-state index is 0.0826. The second-order valence-corrected chi connectivity index (χ2v) is 7.73. The number of nitrogens with zero attached hydrogens (tertiary/aromatic N) is 3. The first-order chi connectivity index (χ1) is 12.9. The average Bonchev–Trinajstić information content (AvgIpc) is 3.01. The van der Waals surface area contributed by atoms with E-state index in [-0.39, 0.29) is 5.95 Å². The van der Waals surface area contributed by atoms with Crippen LogP contribution in [0.2, 0.25) is 0 Å². The summed E-state index contributed by atoms with van der Waals surface area (Å²) in [4.78, 5) is 13.0. The zero-order chi connectivity index (χ0) is 19.0. The van der Waals surface area contributed by atoms with Gasteiger partial charge in [-0.15, -0.1) is 11.3 Å². The Labute approximate surface area is 158 Å². The van der Waals surface area contributed by atoms with E-state index in [2.05, 4.69) is 20.3 Å². The molecule has 0 bridgehead atoms. The number of halogens is 3. The molecule has 0 aliphatic heterocycles. The minimum atomic E-state index is -4.50. The molecule has 1 fully saturated rings. The molecular weight excluding hydrogens is 373 g/mol. The van der Waals surface area contributed by atoms with Crippen LogP contribution in [0.5, 0.6) is 0 Å². The third-order valence-electron chi connectivity index (χ3n) is 4.54. The van der Waals surface area contributed by atoms with Gasteiger partial charge >= 0.3 is 6.18 Å². The Bertz CT molecular complexity index is 964. The van der Waals surface area contributed by atoms with E-state index in [1.54, 1.807) is 11.3 Å². The monoisotopic (exact) mass is 390 g/mol. The number of hydrogen-bond acceptors (Lipinski definition) is 5. The van der Waals surface area contributed by atoms with E-state index in [1.807, 2.05) is 31.3 Å². The fraction of sp³-hybridized carbons (Fsp3) is 0.316. The molecule has 140 valence electrons. The molecule has 0 radical (unpaired) electrons. The molecule has 2 aromatic heterocycles. The number of aryl methyl sites for hydroxylation is 1. The molecule has 4 nitrogen and oxygen atoms in total. The van der Waals surface area contributed by atoms with Crippen LogP contribution in [0.15, 0.2) is 36.7 Å². The van der Waals surface area contributed by atoms with Gasteiger partial charge in [0, 0.05) is 24.0 Å². The first-order valence-corrected chi connectivity index (χ1v) is 9.45. The lowest BCUT2D eigenvalue weighted by atomic mass is 9.86. The van der Waals surface area contributed by atoms with Crippen molar-refractivity contribution in [3.8, 4) is 10.4 Å². The van der Waals surface area contributed by atoms with Crippen LogP contribution in [-0.2, 0) is 6.18 Å². The summed E-state index contributed by atoms with van der Waals surface area (Å²) >= 11 is 1.68. The molecule has 1 N–H and O–H groups in total. The largest absolute Gasteiger partial charge is 0.433 e. The predicted molar refractivity (Wildman–Crippen MR) is 99.2 cm³/mol. The summed E-state index contributed by atoms with van der Waals surface area (Å²) in [5, 5.41) is 4.04. The van der Waals surface area contributed by atoms with E-state index in [0.717, 1.165) is 33.3 Å². The normalized spacial score (nSPS) is 14.8. The Morgan fingerprint density at radius 3 is 2.67 bits per heavy atom. The smallest absolute Gasteiger partial charge is 0.324 e. The van der Waals surface area contributed by atoms with E-state index in [1.165, 1.54) is 19.3 Å². The van der Waals surface area contributed by atoms with Gasteiger partial charge in [-0.05, 0) is 49.1 Å². The molecule has 0 atom stereocenters. The average molecular weight is 390 g/mol. The van der Waals surface area contributed by atoms with Crippen LogP contribution in [0.1, 0.15) is 41.4 Å². The second kappa shape index (κ2) is 6.92. The van der Waals surface area contributed by atoms with Crippen LogP contribution < -0.4 is 5.32 Å². The highest BCUT2D eigenvalue weighted by Gasteiger charge is 2.32. The van der Waals surface area contributed by atoms with Gasteiger partial charge in [0.1, 0.15) is 5.69 Å². The van der Waals surface area contributed by atoms with Crippen molar-refractivity contribution >= 4 is 23.0 Å². The summed E-state index contributed by atoms with van der Waals surface area (Å²) in [5.41, 5.74) is 1.64. The van der Waals surface area contributed by atoms with Gasteiger partial charge in [-0.2, -0.15) is 13.2 Å². The van der Waals surface area contributed by atoms with Crippen LogP contribution >= 0.6 is 11.3 Å². The number of aromatic nitrogens is 3. The van der Waals surface area contributed by atoms with E-state index < -0.39 is 11.9 Å². The topological polar surface area (TPSA) is 50.7 Å². The Morgan fingerprint density at radius 2 is 1.96 bits per heavy atom. The zero-order valence-electron chi connectivity index (χ0n) is 14.5. The summed E-state index contributed by atoms with van der Waals surface area (Å²) in [5.74, 6) is 0.491. The third kappa shape index (κ3) is 3.95. The number of alkyl halides is 3. The van der Waals surface area contributed by atoms with Crippen molar-refractivity contribution in [2.45, 2.75) is 38.3 Å². The molecule has 2 heterocycles. The summed E-state index contributed by atoms with van der Waals surface area (Å²) < 4.78 is 38.5. The fourth-order valence-electron chi connectivity index (χ4n) is 2.97. The standard InChI is InChI=1S/C19H17F3N4S/c1-11-7-13(15-10-24-17(27-15)12-3-2-4-12)9-14(8-11)25-18-23-6-5-16(26-18)19(20,21)22/h5-10,12H,2-4H2,1H3,(H,23,25,26). The van der Waals surface area contributed by atoms with Crippen LogP contribution in [0, 0.1) is 6.92 Å². The number of rotatable bonds is 4. The van der Waals surface area contributed by atoms with Gasteiger partial charge in [-0.1, -0.05) is 12.5 Å². The molecular formula is C19H17F3N4S. The van der Waals surface area contributed by atoms with Gasteiger partial charge in [0.15, 0.2) is 0 Å². The highest BCUT2D eigenvalue weighted by Crippen LogP contribution is 2.40. The summed E-state index contributed by atoms with van der Waals surface area (Å²) in [6.45, 7) is 1.94. The van der Waals surface area contributed by atoms with Gasteiger partial charge in [0.2, 0.25) is 5.95 Å². The number of benzene rings is 1. The quantitative estimate of drug-likeness (QED) is 0.599. The third-order valence-corrected chi connectivity index (χ3v) is 5.75. The van der Waals surface area contributed by atoms with Gasteiger partial charge < -0.3 is 5.32 Å². The number of hydrogen-bond donors (Lipinski definition) is 1. The zero-order valence-corrected chi connectivity index (χ0v) is 15.4.